The van der Waals surface area contributed by atoms with Gasteiger partial charge in [-0.2, -0.15) is 0 Å². The molecule has 2 aliphatic heterocycles. The van der Waals surface area contributed by atoms with Crippen LogP contribution in [0.15, 0.2) is 18.2 Å². The molecule has 218 valence electrons. The van der Waals surface area contributed by atoms with E-state index >= 15 is 0 Å². The van der Waals surface area contributed by atoms with Crippen LogP contribution in [0.3, 0.4) is 0 Å². The van der Waals surface area contributed by atoms with Crippen LogP contribution < -0.4 is 5.32 Å². The van der Waals surface area contributed by atoms with Crippen LogP contribution in [-0.4, -0.2) is 46.0 Å². The summed E-state index contributed by atoms with van der Waals surface area (Å²) in [6, 6.07) is 6.29. The molecule has 1 aliphatic carbocycles. The zero-order valence-corrected chi connectivity index (χ0v) is 25.5. The Hall–Kier alpha value is -4.20. The average Bonchev–Trinajstić information content (AvgIpc) is 3.74. The van der Waals surface area contributed by atoms with Crippen molar-refractivity contribution in [1.82, 2.24) is 25.3 Å². The number of carbonyl (C=O) groups excluding carboxylic acids is 2. The van der Waals surface area contributed by atoms with Crippen LogP contribution in [-0.2, 0) is 22.4 Å². The largest absolute Gasteiger partial charge is 0.469 e. The number of fused-ring (bicyclic) bond motifs is 8. The summed E-state index contributed by atoms with van der Waals surface area (Å²) in [5.74, 6) is -0.202. The molecule has 8 nitrogen and oxygen atoms in total. The molecule has 42 heavy (non-hydrogen) atoms. The molecule has 0 unspecified atom stereocenters. The van der Waals surface area contributed by atoms with E-state index in [-0.39, 0.29) is 23.7 Å². The summed E-state index contributed by atoms with van der Waals surface area (Å²) in [6.07, 6.45) is 3.68. The number of aromatic amines is 2. The van der Waals surface area contributed by atoms with E-state index in [1.54, 1.807) is 7.05 Å². The molecule has 2 atom stereocenters. The Kier molecular flexibility index (Phi) is 7.03. The number of nitrogens with one attached hydrogen (secondary N) is 3. The maximum Gasteiger partial charge on any atom is 0.305 e. The minimum absolute atomic E-state index is 0.0658. The van der Waals surface area contributed by atoms with Gasteiger partial charge in [0.25, 0.3) is 5.91 Å². The fourth-order valence-electron chi connectivity index (χ4n) is 7.04. The third kappa shape index (κ3) is 4.35. The maximum absolute atomic E-state index is 13.1. The molecular weight excluding hydrogens is 526 g/mol. The van der Waals surface area contributed by atoms with Gasteiger partial charge in [-0.25, -0.2) is 4.98 Å². The van der Waals surface area contributed by atoms with E-state index < -0.39 is 0 Å². The van der Waals surface area contributed by atoms with Crippen molar-refractivity contribution < 1.29 is 14.3 Å². The number of nitrogens with zero attached hydrogens (tertiary/aromatic N) is 2. The molecule has 0 fully saturated rings. The first-order chi connectivity index (χ1) is 20.2. The summed E-state index contributed by atoms with van der Waals surface area (Å²) in [5, 5.41) is 2.82. The predicted octanol–water partition coefficient (Wildman–Crippen LogP) is 6.57. The highest BCUT2D eigenvalue weighted by Crippen LogP contribution is 2.47. The number of H-pyrrole nitrogens is 2. The third-order valence-electron chi connectivity index (χ3n) is 9.57. The number of aromatic nitrogens is 4. The van der Waals surface area contributed by atoms with Gasteiger partial charge in [-0.3, -0.25) is 14.6 Å². The van der Waals surface area contributed by atoms with Gasteiger partial charge < -0.3 is 20.0 Å². The maximum atomic E-state index is 13.1. The van der Waals surface area contributed by atoms with Crippen LogP contribution in [0.1, 0.15) is 107 Å². The van der Waals surface area contributed by atoms with Gasteiger partial charge in [-0.15, -0.1) is 0 Å². The molecule has 3 aliphatic rings. The molecule has 3 aromatic rings. The van der Waals surface area contributed by atoms with Crippen molar-refractivity contribution in [2.45, 2.75) is 78.6 Å². The smallest absolute Gasteiger partial charge is 0.305 e. The number of hydrogen-bond acceptors (Lipinski definition) is 5. The van der Waals surface area contributed by atoms with E-state index in [9.17, 15) is 9.59 Å². The van der Waals surface area contributed by atoms with Crippen molar-refractivity contribution in [2.24, 2.45) is 0 Å². The lowest BCUT2D eigenvalue weighted by Crippen LogP contribution is -2.18. The number of hydrogen-bond donors (Lipinski definition) is 3. The summed E-state index contributed by atoms with van der Waals surface area (Å²) >= 11 is 0. The number of esters is 1. The Morgan fingerprint density at radius 1 is 1.00 bits per heavy atom. The highest BCUT2D eigenvalue weighted by molar-refractivity contribution is 6.05. The highest BCUT2D eigenvalue weighted by atomic mass is 16.5. The number of ether oxygens (including phenoxy) is 1. The lowest BCUT2D eigenvalue weighted by Gasteiger charge is -2.16. The molecular formula is C34H39N5O3. The lowest BCUT2D eigenvalue weighted by atomic mass is 9.85. The number of aryl methyl sites for hydroxylation is 3. The summed E-state index contributed by atoms with van der Waals surface area (Å²) in [6.45, 7) is 10.6. The van der Waals surface area contributed by atoms with Crippen molar-refractivity contribution in [3.8, 4) is 0 Å². The fourth-order valence-corrected chi connectivity index (χ4v) is 7.04. The number of rotatable bonds is 5. The van der Waals surface area contributed by atoms with Crippen molar-refractivity contribution >= 4 is 45.1 Å². The molecule has 3 aromatic heterocycles. The van der Waals surface area contributed by atoms with Gasteiger partial charge in [0, 0.05) is 58.8 Å². The molecule has 1 amide bonds. The van der Waals surface area contributed by atoms with Gasteiger partial charge >= 0.3 is 5.97 Å². The standard InChI is InChI=1S/C34H39N5O3/c1-8-20-16(2)24-15-29-31(34(41)35-6)19(5)27(37-29)13-25-18(4)22(11-12-30(40)42-7)33(38-25)23-10-9-21-17(3)26(39-32(21)23)14-28(20)36-24/h13-15,18,22,36-37H,8-12H2,1-7H3,(H,35,41)/t18-,22-/m0/s1. The van der Waals surface area contributed by atoms with E-state index in [4.69, 9.17) is 14.7 Å². The Labute approximate surface area is 246 Å². The molecule has 6 rings (SSSR count). The summed E-state index contributed by atoms with van der Waals surface area (Å²) in [5.41, 5.74) is 15.2. The van der Waals surface area contributed by atoms with Crippen LogP contribution in [0.25, 0.3) is 33.2 Å². The Morgan fingerprint density at radius 2 is 1.74 bits per heavy atom. The molecule has 8 heteroatoms. The average molecular weight is 566 g/mol. The van der Waals surface area contributed by atoms with E-state index in [1.165, 1.54) is 34.9 Å². The Balaban J connectivity index is 1.74. The molecule has 0 saturated heterocycles. The first-order valence-electron chi connectivity index (χ1n) is 14.9. The van der Waals surface area contributed by atoms with Crippen molar-refractivity contribution in [1.29, 1.82) is 0 Å². The van der Waals surface area contributed by atoms with Crippen molar-refractivity contribution in [2.75, 3.05) is 14.2 Å². The SMILES string of the molecule is CCc1c(C)c2cc3[nH]c(cc4nc(c5c6nc(cc1[nH]2)C(C)=C6CC5)[C@@H](CCC(=O)OC)[C@@H]4C)c(C)c3C(=O)NC. The van der Waals surface area contributed by atoms with Gasteiger partial charge in [0.2, 0.25) is 0 Å². The molecule has 0 saturated carbocycles. The van der Waals surface area contributed by atoms with Crippen LogP contribution in [0.2, 0.25) is 0 Å². The monoisotopic (exact) mass is 565 g/mol. The third-order valence-corrected chi connectivity index (χ3v) is 9.57. The highest BCUT2D eigenvalue weighted by Gasteiger charge is 2.35. The molecule has 0 aromatic carbocycles. The van der Waals surface area contributed by atoms with Crippen molar-refractivity contribution in [3.63, 3.8) is 0 Å². The summed E-state index contributed by atoms with van der Waals surface area (Å²) in [7, 11) is 3.09. The quantitative estimate of drug-likeness (QED) is 0.303. The molecule has 8 bridgehead atoms. The van der Waals surface area contributed by atoms with Gasteiger partial charge in [-0.1, -0.05) is 13.8 Å². The predicted molar refractivity (Wildman–Crippen MR) is 166 cm³/mol. The second kappa shape index (κ2) is 10.6. The van der Waals surface area contributed by atoms with Crippen LogP contribution in [0.4, 0.5) is 0 Å². The van der Waals surface area contributed by atoms with E-state index in [0.717, 1.165) is 69.7 Å². The molecule has 0 radical (unpaired) electrons. The minimum atomic E-state index is -0.212. The van der Waals surface area contributed by atoms with Gasteiger partial charge in [0.05, 0.1) is 29.6 Å². The molecule has 3 N–H and O–H groups in total. The zero-order chi connectivity index (χ0) is 29.9. The summed E-state index contributed by atoms with van der Waals surface area (Å²) in [4.78, 5) is 43.0. The number of allylic oxidation sites excluding steroid dienone is 2. The number of methoxy groups -OCH3 is 1. The molecule has 5 heterocycles. The van der Waals surface area contributed by atoms with Crippen molar-refractivity contribution in [3.05, 3.63) is 68.8 Å². The van der Waals surface area contributed by atoms with Gasteiger partial charge in [0.1, 0.15) is 0 Å². The Bertz CT molecular complexity index is 1840. The van der Waals surface area contributed by atoms with E-state index in [1.807, 2.05) is 13.0 Å². The van der Waals surface area contributed by atoms with Crippen LogP contribution >= 0.6 is 0 Å². The van der Waals surface area contributed by atoms with E-state index in [0.29, 0.717) is 18.4 Å². The minimum Gasteiger partial charge on any atom is -0.469 e. The second-order valence-corrected chi connectivity index (χ2v) is 11.7. The lowest BCUT2D eigenvalue weighted by molar-refractivity contribution is -0.140. The fraction of sp³-hybridized carbons (Fsp3) is 0.412. The van der Waals surface area contributed by atoms with Gasteiger partial charge in [0.15, 0.2) is 0 Å². The first kappa shape index (κ1) is 27.9. The summed E-state index contributed by atoms with van der Waals surface area (Å²) < 4.78 is 4.99. The Morgan fingerprint density at radius 3 is 2.45 bits per heavy atom. The first-order valence-corrected chi connectivity index (χ1v) is 14.9. The number of amides is 1. The van der Waals surface area contributed by atoms with Crippen LogP contribution in [0.5, 0.6) is 0 Å². The van der Waals surface area contributed by atoms with Gasteiger partial charge in [-0.05, 0) is 92.5 Å². The topological polar surface area (TPSA) is 113 Å². The molecule has 0 spiro atoms. The normalized spacial score (nSPS) is 17.6. The second-order valence-electron chi connectivity index (χ2n) is 11.7. The van der Waals surface area contributed by atoms with Crippen LogP contribution in [0, 0.1) is 13.8 Å². The zero-order valence-electron chi connectivity index (χ0n) is 25.5. The van der Waals surface area contributed by atoms with E-state index in [2.05, 4.69) is 55.1 Å². The number of carbonyl (C=O) groups is 2.